The maximum Gasteiger partial charge on any atom is 0.0594 e. The predicted octanol–water partition coefficient (Wildman–Crippen LogP) is 3.06. The van der Waals surface area contributed by atoms with E-state index in [4.69, 9.17) is 4.74 Å². The molecule has 21 heavy (non-hydrogen) atoms. The van der Waals surface area contributed by atoms with Gasteiger partial charge in [0.05, 0.1) is 13.2 Å². The molecule has 3 nitrogen and oxygen atoms in total. The summed E-state index contributed by atoms with van der Waals surface area (Å²) in [5.74, 6) is 0. The lowest BCUT2D eigenvalue weighted by atomic mass is 10.0. The first-order valence-corrected chi connectivity index (χ1v) is 8.01. The minimum atomic E-state index is 0.895. The molecule has 114 valence electrons. The molecule has 1 aliphatic heterocycles. The molecule has 0 aliphatic carbocycles. The minimum Gasteiger partial charge on any atom is -0.379 e. The fourth-order valence-corrected chi connectivity index (χ4v) is 3.38. The zero-order valence-corrected chi connectivity index (χ0v) is 13.5. The van der Waals surface area contributed by atoms with Gasteiger partial charge in [0.25, 0.3) is 0 Å². The van der Waals surface area contributed by atoms with Crippen molar-refractivity contribution >= 4 is 10.9 Å². The van der Waals surface area contributed by atoms with Crippen molar-refractivity contribution in [2.45, 2.75) is 26.7 Å². The molecule has 0 unspecified atom stereocenters. The average molecular weight is 286 g/mol. The Bertz CT molecular complexity index is 624. The molecule has 0 spiro atoms. The van der Waals surface area contributed by atoms with Crippen LogP contribution in [0.3, 0.4) is 0 Å². The molecule has 1 aliphatic rings. The van der Waals surface area contributed by atoms with E-state index in [9.17, 15) is 0 Å². The number of rotatable bonds is 4. The lowest BCUT2D eigenvalue weighted by Gasteiger charge is -2.26. The van der Waals surface area contributed by atoms with Crippen molar-refractivity contribution in [2.75, 3.05) is 32.8 Å². The molecule has 3 rings (SSSR count). The second kappa shape index (κ2) is 6.20. The number of ether oxygens (including phenoxy) is 1. The number of nitrogens with zero attached hydrogens (tertiary/aromatic N) is 2. The van der Waals surface area contributed by atoms with Gasteiger partial charge in [0, 0.05) is 36.7 Å². The molecule has 0 bridgehead atoms. The summed E-state index contributed by atoms with van der Waals surface area (Å²) in [5.41, 5.74) is 5.66. The van der Waals surface area contributed by atoms with Gasteiger partial charge in [-0.05, 0) is 50.9 Å². The summed E-state index contributed by atoms with van der Waals surface area (Å²) < 4.78 is 7.74. The molecule has 2 aromatic rings. The average Bonchev–Trinajstić information content (AvgIpc) is 2.73. The van der Waals surface area contributed by atoms with Crippen LogP contribution < -0.4 is 0 Å². The van der Waals surface area contributed by atoms with Gasteiger partial charge in [0.2, 0.25) is 0 Å². The van der Waals surface area contributed by atoms with Crippen LogP contribution in [0, 0.1) is 13.8 Å². The molecule has 0 amide bonds. The third kappa shape index (κ3) is 2.99. The second-order valence-electron chi connectivity index (χ2n) is 6.20. The topological polar surface area (TPSA) is 17.4 Å². The predicted molar refractivity (Wildman–Crippen MR) is 88.0 cm³/mol. The third-order valence-electron chi connectivity index (χ3n) is 4.78. The van der Waals surface area contributed by atoms with Gasteiger partial charge >= 0.3 is 0 Å². The van der Waals surface area contributed by atoms with E-state index in [-0.39, 0.29) is 0 Å². The standard InChI is InChI=1S/C18H26N2O/c1-14-6-7-18-17(13-14)16(15(2)19(18)3)5-4-8-20-9-11-21-12-10-20/h6-7,13H,4-5,8-12H2,1-3H3. The van der Waals surface area contributed by atoms with Crippen LogP contribution in [0.1, 0.15) is 23.2 Å². The second-order valence-corrected chi connectivity index (χ2v) is 6.20. The molecule has 0 N–H and O–H groups in total. The van der Waals surface area contributed by atoms with Crippen molar-refractivity contribution in [1.29, 1.82) is 0 Å². The number of morpholine rings is 1. The zero-order chi connectivity index (χ0) is 14.8. The molecule has 0 saturated carbocycles. The molecular formula is C18H26N2O. The number of hydrogen-bond acceptors (Lipinski definition) is 2. The number of benzene rings is 1. The molecule has 1 fully saturated rings. The summed E-state index contributed by atoms with van der Waals surface area (Å²) >= 11 is 0. The van der Waals surface area contributed by atoms with Crippen molar-refractivity contribution in [3.05, 3.63) is 35.0 Å². The van der Waals surface area contributed by atoms with Gasteiger partial charge in [0.15, 0.2) is 0 Å². The Balaban J connectivity index is 1.73. The highest BCUT2D eigenvalue weighted by Crippen LogP contribution is 2.27. The summed E-state index contributed by atoms with van der Waals surface area (Å²) in [6.07, 6.45) is 2.40. The fourth-order valence-electron chi connectivity index (χ4n) is 3.38. The third-order valence-corrected chi connectivity index (χ3v) is 4.78. The molecular weight excluding hydrogens is 260 g/mol. The smallest absolute Gasteiger partial charge is 0.0594 e. The highest BCUT2D eigenvalue weighted by molar-refractivity contribution is 5.86. The molecule has 3 heteroatoms. The zero-order valence-electron chi connectivity index (χ0n) is 13.5. The van der Waals surface area contributed by atoms with Crippen LogP contribution in [0.5, 0.6) is 0 Å². The van der Waals surface area contributed by atoms with Crippen LogP contribution in [0.15, 0.2) is 18.2 Å². The molecule has 1 aromatic heterocycles. The summed E-state index contributed by atoms with van der Waals surface area (Å²) in [5, 5.41) is 1.44. The van der Waals surface area contributed by atoms with Crippen LogP contribution in [0.2, 0.25) is 0 Å². The Kier molecular flexibility index (Phi) is 4.32. The monoisotopic (exact) mass is 286 g/mol. The minimum absolute atomic E-state index is 0.895. The lowest BCUT2D eigenvalue weighted by Crippen LogP contribution is -2.36. The number of fused-ring (bicyclic) bond motifs is 1. The molecule has 0 atom stereocenters. The molecule has 2 heterocycles. The highest BCUT2D eigenvalue weighted by Gasteiger charge is 2.13. The van der Waals surface area contributed by atoms with Gasteiger partial charge in [0.1, 0.15) is 0 Å². The summed E-state index contributed by atoms with van der Waals surface area (Å²) in [6.45, 7) is 9.59. The Morgan fingerprint density at radius 1 is 1.14 bits per heavy atom. The van der Waals surface area contributed by atoms with Crippen LogP contribution >= 0.6 is 0 Å². The lowest BCUT2D eigenvalue weighted by molar-refractivity contribution is 0.0375. The van der Waals surface area contributed by atoms with E-state index in [0.29, 0.717) is 0 Å². The van der Waals surface area contributed by atoms with Gasteiger partial charge in [-0.1, -0.05) is 11.6 Å². The van der Waals surface area contributed by atoms with Crippen LogP contribution in [0.4, 0.5) is 0 Å². The number of hydrogen-bond donors (Lipinski definition) is 0. The Morgan fingerprint density at radius 2 is 1.90 bits per heavy atom. The van der Waals surface area contributed by atoms with Crippen molar-refractivity contribution < 1.29 is 4.74 Å². The summed E-state index contributed by atoms with van der Waals surface area (Å²) in [7, 11) is 2.18. The van der Waals surface area contributed by atoms with E-state index in [1.807, 2.05) is 0 Å². The summed E-state index contributed by atoms with van der Waals surface area (Å²) in [4.78, 5) is 2.52. The van der Waals surface area contributed by atoms with E-state index >= 15 is 0 Å². The maximum absolute atomic E-state index is 5.41. The van der Waals surface area contributed by atoms with E-state index in [0.717, 1.165) is 26.3 Å². The first-order valence-electron chi connectivity index (χ1n) is 8.01. The van der Waals surface area contributed by atoms with Crippen molar-refractivity contribution in [3.63, 3.8) is 0 Å². The Labute approximate surface area is 127 Å². The van der Waals surface area contributed by atoms with E-state index in [1.54, 1.807) is 0 Å². The Morgan fingerprint density at radius 3 is 2.67 bits per heavy atom. The van der Waals surface area contributed by atoms with Gasteiger partial charge in [-0.25, -0.2) is 0 Å². The van der Waals surface area contributed by atoms with Crippen molar-refractivity contribution in [3.8, 4) is 0 Å². The normalized spacial score (nSPS) is 16.7. The van der Waals surface area contributed by atoms with Crippen LogP contribution in [-0.4, -0.2) is 42.3 Å². The number of aromatic nitrogens is 1. The first-order chi connectivity index (χ1) is 10.2. The van der Waals surface area contributed by atoms with Gasteiger partial charge in [-0.3, -0.25) is 4.90 Å². The fraction of sp³-hybridized carbons (Fsp3) is 0.556. The summed E-state index contributed by atoms with van der Waals surface area (Å²) in [6, 6.07) is 6.80. The Hall–Kier alpha value is -1.32. The van der Waals surface area contributed by atoms with E-state index in [1.165, 1.54) is 47.1 Å². The van der Waals surface area contributed by atoms with E-state index < -0.39 is 0 Å². The first kappa shape index (κ1) is 14.6. The SMILES string of the molecule is Cc1ccc2c(c1)c(CCCN1CCOCC1)c(C)n2C. The van der Waals surface area contributed by atoms with Crippen molar-refractivity contribution in [1.82, 2.24) is 9.47 Å². The van der Waals surface area contributed by atoms with Crippen LogP contribution in [0.25, 0.3) is 10.9 Å². The number of aryl methyl sites for hydroxylation is 3. The maximum atomic E-state index is 5.41. The van der Waals surface area contributed by atoms with Gasteiger partial charge in [-0.2, -0.15) is 0 Å². The quantitative estimate of drug-likeness (QED) is 0.859. The van der Waals surface area contributed by atoms with Gasteiger partial charge < -0.3 is 9.30 Å². The van der Waals surface area contributed by atoms with E-state index in [2.05, 4.69) is 48.6 Å². The van der Waals surface area contributed by atoms with Crippen molar-refractivity contribution in [2.24, 2.45) is 7.05 Å². The molecule has 1 saturated heterocycles. The van der Waals surface area contributed by atoms with Gasteiger partial charge in [-0.15, -0.1) is 0 Å². The van der Waals surface area contributed by atoms with Crippen LogP contribution in [-0.2, 0) is 18.2 Å². The molecule has 0 radical (unpaired) electrons. The largest absolute Gasteiger partial charge is 0.379 e. The molecule has 1 aromatic carbocycles. The highest BCUT2D eigenvalue weighted by atomic mass is 16.5.